The highest BCUT2D eigenvalue weighted by atomic mass is 16.5. The SMILES string of the molecule is CC#CCCC(NC)c1cccc(OC(C)C)c1. The Morgan fingerprint density at radius 3 is 2.72 bits per heavy atom. The minimum Gasteiger partial charge on any atom is -0.491 e. The molecule has 98 valence electrons. The van der Waals surface area contributed by atoms with Gasteiger partial charge in [-0.25, -0.2) is 0 Å². The van der Waals surface area contributed by atoms with Gasteiger partial charge in [0.1, 0.15) is 5.75 Å². The molecular formula is C16H23NO. The van der Waals surface area contributed by atoms with Crippen LogP contribution in [0.5, 0.6) is 5.75 Å². The minimum atomic E-state index is 0.208. The van der Waals surface area contributed by atoms with E-state index in [4.69, 9.17) is 4.74 Å². The number of ether oxygens (including phenoxy) is 1. The molecular weight excluding hydrogens is 222 g/mol. The monoisotopic (exact) mass is 245 g/mol. The van der Waals surface area contributed by atoms with Crippen LogP contribution in [0.4, 0.5) is 0 Å². The fraction of sp³-hybridized carbons (Fsp3) is 0.500. The molecule has 0 aliphatic carbocycles. The van der Waals surface area contributed by atoms with Crippen molar-refractivity contribution in [2.75, 3.05) is 7.05 Å². The first-order valence-electron chi connectivity index (χ1n) is 6.51. The second-order valence-electron chi connectivity index (χ2n) is 4.55. The molecule has 0 saturated carbocycles. The van der Waals surface area contributed by atoms with Gasteiger partial charge in [0.15, 0.2) is 0 Å². The van der Waals surface area contributed by atoms with Crippen LogP contribution in [0.15, 0.2) is 24.3 Å². The number of rotatable bonds is 6. The van der Waals surface area contributed by atoms with Crippen molar-refractivity contribution in [3.63, 3.8) is 0 Å². The van der Waals surface area contributed by atoms with E-state index in [1.165, 1.54) is 5.56 Å². The predicted molar refractivity (Wildman–Crippen MR) is 76.7 cm³/mol. The lowest BCUT2D eigenvalue weighted by atomic mass is 10.0. The lowest BCUT2D eigenvalue weighted by molar-refractivity contribution is 0.242. The van der Waals surface area contributed by atoms with Crippen LogP contribution in [0.2, 0.25) is 0 Å². The molecule has 0 amide bonds. The van der Waals surface area contributed by atoms with Crippen LogP contribution < -0.4 is 10.1 Å². The van der Waals surface area contributed by atoms with Gasteiger partial charge in [-0.15, -0.1) is 11.8 Å². The average molecular weight is 245 g/mol. The quantitative estimate of drug-likeness (QED) is 0.774. The van der Waals surface area contributed by atoms with Crippen LogP contribution >= 0.6 is 0 Å². The smallest absolute Gasteiger partial charge is 0.120 e. The van der Waals surface area contributed by atoms with Crippen LogP contribution in [-0.2, 0) is 0 Å². The largest absolute Gasteiger partial charge is 0.491 e. The fourth-order valence-electron chi connectivity index (χ4n) is 1.90. The second-order valence-corrected chi connectivity index (χ2v) is 4.55. The van der Waals surface area contributed by atoms with E-state index in [0.29, 0.717) is 6.04 Å². The molecule has 0 spiro atoms. The zero-order chi connectivity index (χ0) is 13.4. The van der Waals surface area contributed by atoms with E-state index in [1.54, 1.807) is 0 Å². The Kier molecular flexibility index (Phi) is 6.32. The highest BCUT2D eigenvalue weighted by Gasteiger charge is 2.09. The van der Waals surface area contributed by atoms with Crippen molar-refractivity contribution in [3.8, 4) is 17.6 Å². The molecule has 1 N–H and O–H groups in total. The molecule has 1 aromatic rings. The van der Waals surface area contributed by atoms with Crippen molar-refractivity contribution in [2.45, 2.75) is 45.8 Å². The van der Waals surface area contributed by atoms with Gasteiger partial charge in [0.05, 0.1) is 6.10 Å². The molecule has 0 aromatic heterocycles. The number of benzene rings is 1. The molecule has 2 nitrogen and oxygen atoms in total. The van der Waals surface area contributed by atoms with E-state index in [1.807, 2.05) is 40.0 Å². The Balaban J connectivity index is 2.74. The second kappa shape index (κ2) is 7.79. The summed E-state index contributed by atoms with van der Waals surface area (Å²) in [6, 6.07) is 8.63. The molecule has 0 aliphatic rings. The Bertz CT molecular complexity index is 415. The van der Waals surface area contributed by atoms with Gasteiger partial charge in [0.2, 0.25) is 0 Å². The Morgan fingerprint density at radius 1 is 1.33 bits per heavy atom. The van der Waals surface area contributed by atoms with Gasteiger partial charge in [-0.05, 0) is 51.9 Å². The molecule has 1 atom stereocenters. The highest BCUT2D eigenvalue weighted by Crippen LogP contribution is 2.23. The van der Waals surface area contributed by atoms with Gasteiger partial charge in [-0.2, -0.15) is 0 Å². The van der Waals surface area contributed by atoms with Gasteiger partial charge in [-0.3, -0.25) is 0 Å². The Hall–Kier alpha value is -1.46. The molecule has 0 saturated heterocycles. The van der Waals surface area contributed by atoms with E-state index >= 15 is 0 Å². The molecule has 1 aromatic carbocycles. The van der Waals surface area contributed by atoms with E-state index < -0.39 is 0 Å². The summed E-state index contributed by atoms with van der Waals surface area (Å²) in [5.74, 6) is 6.98. The standard InChI is InChI=1S/C16H23NO/c1-5-6-7-11-16(17-4)14-9-8-10-15(12-14)18-13(2)3/h8-10,12-13,16-17H,7,11H2,1-4H3. The van der Waals surface area contributed by atoms with Gasteiger partial charge in [0, 0.05) is 12.5 Å². The zero-order valence-corrected chi connectivity index (χ0v) is 11.8. The van der Waals surface area contributed by atoms with Crippen molar-refractivity contribution in [3.05, 3.63) is 29.8 Å². The first-order valence-corrected chi connectivity index (χ1v) is 6.51. The summed E-state index contributed by atoms with van der Waals surface area (Å²) in [5, 5.41) is 3.33. The van der Waals surface area contributed by atoms with Crippen molar-refractivity contribution in [2.24, 2.45) is 0 Å². The molecule has 0 radical (unpaired) electrons. The van der Waals surface area contributed by atoms with Crippen LogP contribution in [0.3, 0.4) is 0 Å². The number of nitrogens with one attached hydrogen (secondary N) is 1. The normalized spacial score (nSPS) is 11.8. The molecule has 0 heterocycles. The highest BCUT2D eigenvalue weighted by molar-refractivity contribution is 5.30. The number of hydrogen-bond acceptors (Lipinski definition) is 2. The maximum absolute atomic E-state index is 5.72. The van der Waals surface area contributed by atoms with Crippen LogP contribution in [-0.4, -0.2) is 13.2 Å². The van der Waals surface area contributed by atoms with Gasteiger partial charge >= 0.3 is 0 Å². The maximum Gasteiger partial charge on any atom is 0.120 e. The summed E-state index contributed by atoms with van der Waals surface area (Å²) in [7, 11) is 1.99. The van der Waals surface area contributed by atoms with Gasteiger partial charge < -0.3 is 10.1 Å². The molecule has 0 aliphatic heterocycles. The summed E-state index contributed by atoms with van der Waals surface area (Å²) < 4.78 is 5.72. The fourth-order valence-corrected chi connectivity index (χ4v) is 1.90. The van der Waals surface area contributed by atoms with Gasteiger partial charge in [0.25, 0.3) is 0 Å². The summed E-state index contributed by atoms with van der Waals surface area (Å²) in [4.78, 5) is 0. The Morgan fingerprint density at radius 2 is 2.11 bits per heavy atom. The third kappa shape index (κ3) is 4.81. The van der Waals surface area contributed by atoms with Crippen molar-refractivity contribution in [1.29, 1.82) is 0 Å². The average Bonchev–Trinajstić information content (AvgIpc) is 2.34. The minimum absolute atomic E-state index is 0.208. The molecule has 0 bridgehead atoms. The lowest BCUT2D eigenvalue weighted by Crippen LogP contribution is -2.16. The number of hydrogen-bond donors (Lipinski definition) is 1. The molecule has 1 unspecified atom stereocenters. The van der Waals surface area contributed by atoms with Crippen molar-refractivity contribution < 1.29 is 4.74 Å². The lowest BCUT2D eigenvalue weighted by Gasteiger charge is -2.17. The van der Waals surface area contributed by atoms with E-state index in [2.05, 4.69) is 29.3 Å². The predicted octanol–water partition coefficient (Wildman–Crippen LogP) is 3.54. The van der Waals surface area contributed by atoms with Crippen LogP contribution in [0.1, 0.15) is 45.2 Å². The van der Waals surface area contributed by atoms with E-state index in [9.17, 15) is 0 Å². The maximum atomic E-state index is 5.72. The third-order valence-corrected chi connectivity index (χ3v) is 2.72. The summed E-state index contributed by atoms with van der Waals surface area (Å²) in [6.07, 6.45) is 2.14. The molecule has 2 heteroatoms. The summed E-state index contributed by atoms with van der Waals surface area (Å²) in [6.45, 7) is 5.96. The first kappa shape index (κ1) is 14.6. The van der Waals surface area contributed by atoms with Gasteiger partial charge in [-0.1, -0.05) is 12.1 Å². The van der Waals surface area contributed by atoms with Crippen LogP contribution in [0, 0.1) is 11.8 Å². The molecule has 18 heavy (non-hydrogen) atoms. The third-order valence-electron chi connectivity index (χ3n) is 2.72. The van der Waals surface area contributed by atoms with E-state index in [-0.39, 0.29) is 6.10 Å². The summed E-state index contributed by atoms with van der Waals surface area (Å²) >= 11 is 0. The molecule has 0 fully saturated rings. The van der Waals surface area contributed by atoms with Crippen molar-refractivity contribution in [1.82, 2.24) is 5.32 Å². The van der Waals surface area contributed by atoms with Crippen molar-refractivity contribution >= 4 is 0 Å². The first-order chi connectivity index (χ1) is 8.67. The topological polar surface area (TPSA) is 21.3 Å². The van der Waals surface area contributed by atoms with E-state index in [0.717, 1.165) is 18.6 Å². The Labute approximate surface area is 111 Å². The molecule has 1 rings (SSSR count). The zero-order valence-electron chi connectivity index (χ0n) is 11.8. The summed E-state index contributed by atoms with van der Waals surface area (Å²) in [5.41, 5.74) is 1.26. The van der Waals surface area contributed by atoms with Crippen LogP contribution in [0.25, 0.3) is 0 Å².